The SMILES string of the molecule is Cc1cc(-c2ncnc(Nc3ccc(N4CCN(C5COC5)CC4)cc3)n2)ccc1O[C@@H]1CCN(C=O)C1. The van der Waals surface area contributed by atoms with Crippen LogP contribution < -0.4 is 15.0 Å². The molecule has 1 N–H and O–H groups in total. The number of hydrogen-bond donors (Lipinski definition) is 1. The Hall–Kier alpha value is -3.76. The minimum absolute atomic E-state index is 0.0242. The summed E-state index contributed by atoms with van der Waals surface area (Å²) in [4.78, 5) is 31.0. The molecule has 0 bridgehead atoms. The fraction of sp³-hybridized carbons (Fsp3) is 0.429. The summed E-state index contributed by atoms with van der Waals surface area (Å²) in [6.07, 6.45) is 3.28. The molecule has 3 fully saturated rings. The van der Waals surface area contributed by atoms with Crippen molar-refractivity contribution < 1.29 is 14.3 Å². The molecule has 0 spiro atoms. The average molecular weight is 516 g/mol. The molecule has 10 heteroatoms. The van der Waals surface area contributed by atoms with E-state index in [1.807, 2.05) is 25.1 Å². The quantitative estimate of drug-likeness (QED) is 0.454. The van der Waals surface area contributed by atoms with Gasteiger partial charge in [-0.15, -0.1) is 0 Å². The van der Waals surface area contributed by atoms with Gasteiger partial charge in [-0.2, -0.15) is 4.98 Å². The Balaban J connectivity index is 1.07. The van der Waals surface area contributed by atoms with E-state index in [4.69, 9.17) is 9.47 Å². The Morgan fingerprint density at radius 1 is 1.03 bits per heavy atom. The number of aromatic nitrogens is 3. The lowest BCUT2D eigenvalue weighted by Gasteiger charge is -2.43. The molecule has 2 aromatic carbocycles. The standard InChI is InChI=1S/C28H33N7O3/c1-20-14-21(2-7-26(20)38-25-8-9-33(15-25)19-36)27-29-18-30-28(32-27)31-22-3-5-23(6-4-22)34-10-12-35(13-11-34)24-16-37-17-24/h2-7,14,18-19,24-25H,8-13,15-17H2,1H3,(H,29,30,31,32)/t25-/m1/s1. The number of benzene rings is 2. The fourth-order valence-corrected chi connectivity index (χ4v) is 5.21. The van der Waals surface area contributed by atoms with Crippen molar-refractivity contribution in [2.45, 2.75) is 25.5 Å². The minimum atomic E-state index is 0.0242. The van der Waals surface area contributed by atoms with E-state index in [0.717, 1.165) is 81.3 Å². The van der Waals surface area contributed by atoms with Crippen molar-refractivity contribution in [3.8, 4) is 17.1 Å². The Kier molecular flexibility index (Phi) is 7.06. The number of nitrogens with zero attached hydrogens (tertiary/aromatic N) is 6. The number of ether oxygens (including phenoxy) is 2. The molecule has 3 aliphatic heterocycles. The van der Waals surface area contributed by atoms with E-state index in [0.29, 0.717) is 24.4 Å². The van der Waals surface area contributed by atoms with Gasteiger partial charge < -0.3 is 24.6 Å². The second-order valence-corrected chi connectivity index (χ2v) is 10.1. The summed E-state index contributed by atoms with van der Waals surface area (Å²) in [6.45, 7) is 9.34. The van der Waals surface area contributed by atoms with E-state index in [2.05, 4.69) is 54.3 Å². The lowest BCUT2D eigenvalue weighted by molar-refractivity contribution is -0.117. The van der Waals surface area contributed by atoms with E-state index < -0.39 is 0 Å². The van der Waals surface area contributed by atoms with Gasteiger partial charge in [-0.3, -0.25) is 9.69 Å². The van der Waals surface area contributed by atoms with Crippen LogP contribution in [0, 0.1) is 6.92 Å². The number of rotatable bonds is 8. The second kappa shape index (κ2) is 10.9. The summed E-state index contributed by atoms with van der Waals surface area (Å²) >= 11 is 0. The summed E-state index contributed by atoms with van der Waals surface area (Å²) in [5.74, 6) is 1.91. The van der Waals surface area contributed by atoms with Gasteiger partial charge in [0.1, 0.15) is 18.2 Å². The zero-order chi connectivity index (χ0) is 25.9. The summed E-state index contributed by atoms with van der Waals surface area (Å²) in [5, 5.41) is 3.30. The van der Waals surface area contributed by atoms with Crippen LogP contribution in [-0.4, -0.2) is 95.8 Å². The molecule has 6 rings (SSSR count). The van der Waals surface area contributed by atoms with Gasteiger partial charge >= 0.3 is 0 Å². The normalized spacial score (nSPS) is 20.3. The maximum atomic E-state index is 11.0. The molecule has 1 amide bonds. The van der Waals surface area contributed by atoms with E-state index in [-0.39, 0.29) is 6.10 Å². The van der Waals surface area contributed by atoms with E-state index in [9.17, 15) is 4.79 Å². The second-order valence-electron chi connectivity index (χ2n) is 10.1. The van der Waals surface area contributed by atoms with Crippen LogP contribution in [0.25, 0.3) is 11.4 Å². The van der Waals surface area contributed by atoms with Crippen molar-refractivity contribution in [2.24, 2.45) is 0 Å². The molecule has 0 aliphatic carbocycles. The Labute approximate surface area is 222 Å². The summed E-state index contributed by atoms with van der Waals surface area (Å²) in [7, 11) is 0. The topological polar surface area (TPSA) is 96.0 Å². The van der Waals surface area contributed by atoms with Gasteiger partial charge in [0, 0.05) is 56.1 Å². The first-order chi connectivity index (χ1) is 18.6. The van der Waals surface area contributed by atoms with Crippen molar-refractivity contribution in [2.75, 3.05) is 62.7 Å². The van der Waals surface area contributed by atoms with E-state index in [1.54, 1.807) is 4.90 Å². The first kappa shape index (κ1) is 24.6. The first-order valence-corrected chi connectivity index (χ1v) is 13.2. The molecular weight excluding hydrogens is 482 g/mol. The Bertz CT molecular complexity index is 1260. The number of piperazine rings is 1. The van der Waals surface area contributed by atoms with Gasteiger partial charge in [0.2, 0.25) is 12.4 Å². The van der Waals surface area contributed by atoms with Crippen molar-refractivity contribution >= 4 is 23.7 Å². The third-order valence-corrected chi connectivity index (χ3v) is 7.56. The maximum Gasteiger partial charge on any atom is 0.230 e. The number of hydrogen-bond acceptors (Lipinski definition) is 9. The van der Waals surface area contributed by atoms with E-state index >= 15 is 0 Å². The van der Waals surface area contributed by atoms with Crippen molar-refractivity contribution in [1.82, 2.24) is 24.8 Å². The van der Waals surface area contributed by atoms with Crippen LogP contribution in [0.4, 0.5) is 17.3 Å². The number of carbonyl (C=O) groups excluding carboxylic acids is 1. The zero-order valence-electron chi connectivity index (χ0n) is 21.6. The molecule has 10 nitrogen and oxygen atoms in total. The number of amides is 1. The average Bonchev–Trinajstić information content (AvgIpc) is 3.38. The van der Waals surface area contributed by atoms with E-state index in [1.165, 1.54) is 12.0 Å². The molecule has 198 valence electrons. The molecule has 3 saturated heterocycles. The van der Waals surface area contributed by atoms with Crippen molar-refractivity contribution in [3.63, 3.8) is 0 Å². The van der Waals surface area contributed by atoms with Gasteiger partial charge in [-0.05, 0) is 55.0 Å². The lowest BCUT2D eigenvalue weighted by atomic mass is 10.1. The molecule has 1 atom stereocenters. The molecule has 3 aliphatic rings. The first-order valence-electron chi connectivity index (χ1n) is 13.2. The van der Waals surface area contributed by atoms with Crippen molar-refractivity contribution in [3.05, 3.63) is 54.4 Å². The largest absolute Gasteiger partial charge is 0.488 e. The fourth-order valence-electron chi connectivity index (χ4n) is 5.21. The molecule has 0 saturated carbocycles. The van der Waals surface area contributed by atoms with Gasteiger partial charge in [0.05, 0.1) is 25.8 Å². The maximum absolute atomic E-state index is 11.0. The highest BCUT2D eigenvalue weighted by molar-refractivity contribution is 5.62. The van der Waals surface area contributed by atoms with Gasteiger partial charge in [-0.1, -0.05) is 0 Å². The number of aryl methyl sites for hydroxylation is 1. The summed E-state index contributed by atoms with van der Waals surface area (Å²) in [6, 6.07) is 15.0. The smallest absolute Gasteiger partial charge is 0.230 e. The van der Waals surface area contributed by atoms with Crippen LogP contribution in [-0.2, 0) is 9.53 Å². The lowest BCUT2D eigenvalue weighted by Crippen LogP contribution is -2.56. The molecule has 0 unspecified atom stereocenters. The summed E-state index contributed by atoms with van der Waals surface area (Å²) < 4.78 is 11.5. The minimum Gasteiger partial charge on any atom is -0.488 e. The van der Waals surface area contributed by atoms with Gasteiger partial charge in [-0.25, -0.2) is 9.97 Å². The molecule has 3 aromatic rings. The van der Waals surface area contributed by atoms with Gasteiger partial charge in [0.25, 0.3) is 0 Å². The van der Waals surface area contributed by atoms with Crippen LogP contribution in [0.1, 0.15) is 12.0 Å². The Morgan fingerprint density at radius 2 is 1.84 bits per heavy atom. The molecule has 38 heavy (non-hydrogen) atoms. The van der Waals surface area contributed by atoms with Crippen LogP contribution in [0.15, 0.2) is 48.8 Å². The van der Waals surface area contributed by atoms with Crippen LogP contribution in [0.3, 0.4) is 0 Å². The highest BCUT2D eigenvalue weighted by Crippen LogP contribution is 2.27. The predicted molar refractivity (Wildman–Crippen MR) is 145 cm³/mol. The van der Waals surface area contributed by atoms with Gasteiger partial charge in [0.15, 0.2) is 5.82 Å². The summed E-state index contributed by atoms with van der Waals surface area (Å²) in [5.41, 5.74) is 4.05. The monoisotopic (exact) mass is 515 g/mol. The molecular formula is C28H33N7O3. The number of carbonyl (C=O) groups is 1. The molecule has 1 aromatic heterocycles. The van der Waals surface area contributed by atoms with Crippen LogP contribution in [0.2, 0.25) is 0 Å². The molecule has 0 radical (unpaired) electrons. The zero-order valence-corrected chi connectivity index (χ0v) is 21.6. The van der Waals surface area contributed by atoms with Crippen LogP contribution in [0.5, 0.6) is 5.75 Å². The third-order valence-electron chi connectivity index (χ3n) is 7.56. The molecule has 4 heterocycles. The highest BCUT2D eigenvalue weighted by Gasteiger charge is 2.29. The number of likely N-dealkylation sites (tertiary alicyclic amines) is 1. The highest BCUT2D eigenvalue weighted by atomic mass is 16.5. The number of nitrogens with one attached hydrogen (secondary N) is 1. The predicted octanol–water partition coefficient (Wildman–Crippen LogP) is 2.72. The van der Waals surface area contributed by atoms with Crippen molar-refractivity contribution in [1.29, 1.82) is 0 Å². The number of anilines is 3. The Morgan fingerprint density at radius 3 is 2.53 bits per heavy atom. The third kappa shape index (κ3) is 5.41. The van der Waals surface area contributed by atoms with Crippen LogP contribution >= 0.6 is 0 Å².